The lowest BCUT2D eigenvalue weighted by molar-refractivity contribution is 1.33. The van der Waals surface area contributed by atoms with Crippen LogP contribution in [0.3, 0.4) is 0 Å². The SMILES string of the molecule is CC(C)=CC(=C(C)C)c1ccccc1C. The molecule has 0 unspecified atom stereocenters. The van der Waals surface area contributed by atoms with E-state index < -0.39 is 0 Å². The first kappa shape index (κ1) is 11.8. The number of allylic oxidation sites excluding steroid dienone is 4. The molecule has 0 atom stereocenters. The first-order valence-corrected chi connectivity index (χ1v) is 5.40. The predicted octanol–water partition coefficient (Wildman–Crippen LogP) is 4.75. The van der Waals surface area contributed by atoms with Crippen LogP contribution >= 0.6 is 0 Å². The molecule has 0 saturated heterocycles. The molecular formula is C15H20. The van der Waals surface area contributed by atoms with E-state index in [9.17, 15) is 0 Å². The predicted molar refractivity (Wildman–Crippen MR) is 68.9 cm³/mol. The van der Waals surface area contributed by atoms with E-state index in [-0.39, 0.29) is 0 Å². The van der Waals surface area contributed by atoms with Crippen molar-refractivity contribution < 1.29 is 0 Å². The Labute approximate surface area is 93.3 Å². The van der Waals surface area contributed by atoms with Crippen molar-refractivity contribution >= 4 is 5.57 Å². The standard InChI is InChI=1S/C15H20/c1-11(2)10-15(12(3)4)14-9-7-6-8-13(14)5/h6-10H,1-5H3. The molecule has 0 bridgehead atoms. The van der Waals surface area contributed by atoms with Crippen LogP contribution in [0.25, 0.3) is 5.57 Å². The molecule has 0 amide bonds. The second-order valence-electron chi connectivity index (χ2n) is 4.45. The van der Waals surface area contributed by atoms with Gasteiger partial charge in [0.05, 0.1) is 0 Å². The van der Waals surface area contributed by atoms with Crippen LogP contribution in [0.1, 0.15) is 38.8 Å². The zero-order chi connectivity index (χ0) is 11.4. The maximum atomic E-state index is 2.26. The lowest BCUT2D eigenvalue weighted by atomic mass is 9.96. The van der Waals surface area contributed by atoms with E-state index in [0.717, 1.165) is 0 Å². The average molecular weight is 200 g/mol. The van der Waals surface area contributed by atoms with Gasteiger partial charge in [0.15, 0.2) is 0 Å². The van der Waals surface area contributed by atoms with Crippen molar-refractivity contribution in [2.45, 2.75) is 34.6 Å². The van der Waals surface area contributed by atoms with Crippen LogP contribution in [-0.4, -0.2) is 0 Å². The minimum Gasteiger partial charge on any atom is -0.0758 e. The third-order valence-electron chi connectivity index (χ3n) is 2.41. The van der Waals surface area contributed by atoms with Gasteiger partial charge in [-0.15, -0.1) is 0 Å². The lowest BCUT2D eigenvalue weighted by Gasteiger charge is -2.09. The van der Waals surface area contributed by atoms with Gasteiger partial charge in [0.1, 0.15) is 0 Å². The maximum absolute atomic E-state index is 2.26. The molecule has 80 valence electrons. The molecule has 1 aromatic carbocycles. The summed E-state index contributed by atoms with van der Waals surface area (Å²) in [6, 6.07) is 8.54. The minimum atomic E-state index is 1.34. The molecule has 0 nitrogen and oxygen atoms in total. The normalized spacial score (nSPS) is 9.67. The Kier molecular flexibility index (Phi) is 3.90. The van der Waals surface area contributed by atoms with Crippen LogP contribution in [0, 0.1) is 6.92 Å². The molecule has 0 heteroatoms. The largest absolute Gasteiger partial charge is 0.0758 e. The Morgan fingerprint density at radius 1 is 1.00 bits per heavy atom. The second kappa shape index (κ2) is 4.97. The second-order valence-corrected chi connectivity index (χ2v) is 4.45. The highest BCUT2D eigenvalue weighted by molar-refractivity contribution is 5.78. The summed E-state index contributed by atoms with van der Waals surface area (Å²) in [5.41, 5.74) is 6.75. The van der Waals surface area contributed by atoms with Gasteiger partial charge in [-0.2, -0.15) is 0 Å². The van der Waals surface area contributed by atoms with Crippen LogP contribution in [0.15, 0.2) is 41.5 Å². The van der Waals surface area contributed by atoms with Crippen molar-refractivity contribution in [3.63, 3.8) is 0 Å². The molecule has 1 rings (SSSR count). The highest BCUT2D eigenvalue weighted by atomic mass is 14.1. The molecule has 0 aromatic heterocycles. The summed E-state index contributed by atoms with van der Waals surface area (Å²) in [6.45, 7) is 10.8. The summed E-state index contributed by atoms with van der Waals surface area (Å²) in [5, 5.41) is 0. The Morgan fingerprint density at radius 3 is 2.07 bits per heavy atom. The van der Waals surface area contributed by atoms with Crippen molar-refractivity contribution in [3.05, 3.63) is 52.6 Å². The Morgan fingerprint density at radius 2 is 1.60 bits per heavy atom. The van der Waals surface area contributed by atoms with Crippen molar-refractivity contribution in [3.8, 4) is 0 Å². The number of hydrogen-bond acceptors (Lipinski definition) is 0. The van der Waals surface area contributed by atoms with Gasteiger partial charge in [0.25, 0.3) is 0 Å². The molecule has 0 aliphatic heterocycles. The van der Waals surface area contributed by atoms with Gasteiger partial charge in [-0.1, -0.05) is 41.5 Å². The van der Waals surface area contributed by atoms with E-state index in [2.05, 4.69) is 65.0 Å². The average Bonchev–Trinajstić information content (AvgIpc) is 2.15. The maximum Gasteiger partial charge on any atom is -0.0155 e. The van der Waals surface area contributed by atoms with Gasteiger partial charge in [-0.3, -0.25) is 0 Å². The summed E-state index contributed by atoms with van der Waals surface area (Å²) in [6.07, 6.45) is 2.26. The molecule has 0 aliphatic carbocycles. The van der Waals surface area contributed by atoms with Crippen LogP contribution in [0.2, 0.25) is 0 Å². The Hall–Kier alpha value is -1.30. The fourth-order valence-electron chi connectivity index (χ4n) is 1.66. The van der Waals surface area contributed by atoms with Crippen molar-refractivity contribution in [1.29, 1.82) is 0 Å². The van der Waals surface area contributed by atoms with E-state index >= 15 is 0 Å². The Bertz CT molecular complexity index is 398. The van der Waals surface area contributed by atoms with E-state index in [1.807, 2.05) is 0 Å². The van der Waals surface area contributed by atoms with E-state index in [0.29, 0.717) is 0 Å². The smallest absolute Gasteiger partial charge is 0.0155 e. The monoisotopic (exact) mass is 200 g/mol. The lowest BCUT2D eigenvalue weighted by Crippen LogP contribution is -1.89. The topological polar surface area (TPSA) is 0 Å². The first-order valence-electron chi connectivity index (χ1n) is 5.40. The number of benzene rings is 1. The van der Waals surface area contributed by atoms with E-state index in [4.69, 9.17) is 0 Å². The Balaban J connectivity index is 3.31. The van der Waals surface area contributed by atoms with Gasteiger partial charge in [-0.05, 0) is 51.3 Å². The van der Waals surface area contributed by atoms with Crippen molar-refractivity contribution in [2.75, 3.05) is 0 Å². The molecule has 15 heavy (non-hydrogen) atoms. The molecule has 0 radical (unpaired) electrons. The minimum absolute atomic E-state index is 1.34. The van der Waals surface area contributed by atoms with Gasteiger partial charge >= 0.3 is 0 Å². The molecule has 1 aromatic rings. The van der Waals surface area contributed by atoms with Crippen LogP contribution in [0.4, 0.5) is 0 Å². The third kappa shape index (κ3) is 3.09. The number of aryl methyl sites for hydroxylation is 1. The van der Waals surface area contributed by atoms with Crippen molar-refractivity contribution in [1.82, 2.24) is 0 Å². The fraction of sp³-hybridized carbons (Fsp3) is 0.333. The van der Waals surface area contributed by atoms with Gasteiger partial charge < -0.3 is 0 Å². The van der Waals surface area contributed by atoms with Crippen LogP contribution < -0.4 is 0 Å². The summed E-state index contributed by atoms with van der Waals surface area (Å²) in [4.78, 5) is 0. The first-order chi connectivity index (χ1) is 7.02. The van der Waals surface area contributed by atoms with Gasteiger partial charge in [0.2, 0.25) is 0 Å². The zero-order valence-corrected chi connectivity index (χ0v) is 10.4. The summed E-state index contributed by atoms with van der Waals surface area (Å²) in [5.74, 6) is 0. The van der Waals surface area contributed by atoms with Gasteiger partial charge in [-0.25, -0.2) is 0 Å². The molecule has 0 heterocycles. The van der Waals surface area contributed by atoms with Crippen LogP contribution in [0.5, 0.6) is 0 Å². The van der Waals surface area contributed by atoms with E-state index in [1.54, 1.807) is 0 Å². The summed E-state index contributed by atoms with van der Waals surface area (Å²) in [7, 11) is 0. The van der Waals surface area contributed by atoms with E-state index in [1.165, 1.54) is 27.8 Å². The molecule has 0 fully saturated rings. The fourth-order valence-corrected chi connectivity index (χ4v) is 1.66. The summed E-state index contributed by atoms with van der Waals surface area (Å²) < 4.78 is 0. The molecule has 0 spiro atoms. The van der Waals surface area contributed by atoms with Crippen LogP contribution in [-0.2, 0) is 0 Å². The third-order valence-corrected chi connectivity index (χ3v) is 2.41. The highest BCUT2D eigenvalue weighted by Crippen LogP contribution is 2.24. The number of hydrogen-bond donors (Lipinski definition) is 0. The number of rotatable bonds is 2. The molecular weight excluding hydrogens is 180 g/mol. The van der Waals surface area contributed by atoms with Gasteiger partial charge in [0, 0.05) is 0 Å². The van der Waals surface area contributed by atoms with Crippen molar-refractivity contribution in [2.24, 2.45) is 0 Å². The molecule has 0 saturated carbocycles. The zero-order valence-electron chi connectivity index (χ0n) is 10.4. The highest BCUT2D eigenvalue weighted by Gasteiger charge is 2.03. The molecule has 0 N–H and O–H groups in total. The quantitative estimate of drug-likeness (QED) is 0.604. The summed E-state index contributed by atoms with van der Waals surface area (Å²) >= 11 is 0. The molecule has 0 aliphatic rings.